The second-order valence-electron chi connectivity index (χ2n) is 5.01. The first kappa shape index (κ1) is 19.2. The second-order valence-corrected chi connectivity index (χ2v) is 6.75. The van der Waals surface area contributed by atoms with Crippen LogP contribution in [0.5, 0.6) is 11.5 Å². The average Bonchev–Trinajstić information content (AvgIpc) is 2.56. The van der Waals surface area contributed by atoms with Gasteiger partial charge in [-0.3, -0.25) is 4.79 Å². The molecule has 0 aliphatic rings. The number of amides is 1. The first-order valence-electron chi connectivity index (χ1n) is 7.31. The molecule has 0 saturated carbocycles. The van der Waals surface area contributed by atoms with Gasteiger partial charge in [-0.05, 0) is 18.6 Å². The van der Waals surface area contributed by atoms with Gasteiger partial charge in [-0.1, -0.05) is 13.3 Å². The van der Waals surface area contributed by atoms with Gasteiger partial charge in [0.1, 0.15) is 16.4 Å². The molecule has 0 atom stereocenters. The van der Waals surface area contributed by atoms with Gasteiger partial charge < -0.3 is 14.4 Å². The van der Waals surface area contributed by atoms with Crippen LogP contribution < -0.4 is 14.2 Å². The van der Waals surface area contributed by atoms with E-state index in [0.717, 1.165) is 12.8 Å². The Morgan fingerprint density at radius 1 is 1.26 bits per heavy atom. The summed E-state index contributed by atoms with van der Waals surface area (Å²) in [6.07, 6.45) is 1.84. The fraction of sp³-hybridized carbons (Fsp3) is 0.533. The minimum atomic E-state index is -3.86. The Hall–Kier alpha value is -1.80. The minimum Gasteiger partial charge on any atom is -0.497 e. The lowest BCUT2D eigenvalue weighted by molar-refractivity contribution is -0.128. The number of benzene rings is 1. The van der Waals surface area contributed by atoms with E-state index in [-0.39, 0.29) is 23.1 Å². The van der Waals surface area contributed by atoms with Crippen LogP contribution in [-0.2, 0) is 14.8 Å². The maximum absolute atomic E-state index is 12.3. The van der Waals surface area contributed by atoms with Crippen LogP contribution in [0.25, 0.3) is 0 Å². The number of carbonyl (C=O) groups is 1. The highest BCUT2D eigenvalue weighted by Crippen LogP contribution is 2.28. The normalized spacial score (nSPS) is 11.1. The summed E-state index contributed by atoms with van der Waals surface area (Å²) in [6.45, 7) is 2.33. The van der Waals surface area contributed by atoms with E-state index in [1.54, 1.807) is 7.05 Å². The summed E-state index contributed by atoms with van der Waals surface area (Å²) in [6, 6.07) is 4.38. The lowest BCUT2D eigenvalue weighted by Gasteiger charge is -2.17. The molecule has 0 aromatic heterocycles. The molecule has 8 heteroatoms. The van der Waals surface area contributed by atoms with Gasteiger partial charge in [0.2, 0.25) is 15.9 Å². The van der Waals surface area contributed by atoms with Gasteiger partial charge in [0.05, 0.1) is 20.8 Å². The van der Waals surface area contributed by atoms with Crippen LogP contribution in [0.1, 0.15) is 19.8 Å². The first-order chi connectivity index (χ1) is 10.9. The number of likely N-dealkylation sites (N-methyl/N-ethyl adjacent to an activating group) is 1. The highest BCUT2D eigenvalue weighted by Gasteiger charge is 2.21. The number of carbonyl (C=O) groups excluding carboxylic acids is 1. The van der Waals surface area contributed by atoms with Crippen molar-refractivity contribution in [2.45, 2.75) is 24.7 Å². The van der Waals surface area contributed by atoms with Gasteiger partial charge in [-0.2, -0.15) is 0 Å². The Morgan fingerprint density at radius 3 is 2.52 bits per heavy atom. The van der Waals surface area contributed by atoms with Crippen molar-refractivity contribution in [3.8, 4) is 11.5 Å². The lowest BCUT2D eigenvalue weighted by Crippen LogP contribution is -2.38. The molecule has 0 radical (unpaired) electrons. The average molecular weight is 344 g/mol. The smallest absolute Gasteiger partial charge is 0.244 e. The van der Waals surface area contributed by atoms with Crippen LogP contribution in [0.15, 0.2) is 23.1 Å². The van der Waals surface area contributed by atoms with E-state index in [1.807, 2.05) is 6.92 Å². The van der Waals surface area contributed by atoms with Crippen LogP contribution in [-0.4, -0.2) is 53.6 Å². The van der Waals surface area contributed by atoms with Crippen LogP contribution in [0, 0.1) is 0 Å². The third-order valence-electron chi connectivity index (χ3n) is 3.35. The van der Waals surface area contributed by atoms with Gasteiger partial charge in [0.15, 0.2) is 0 Å². The number of ether oxygens (including phenoxy) is 2. The number of nitrogens with one attached hydrogen (secondary N) is 1. The molecular formula is C15H24N2O5S. The topological polar surface area (TPSA) is 84.9 Å². The molecule has 0 aliphatic carbocycles. The number of rotatable bonds is 9. The minimum absolute atomic E-state index is 0.0372. The third kappa shape index (κ3) is 5.40. The van der Waals surface area contributed by atoms with E-state index in [9.17, 15) is 13.2 Å². The number of hydrogen-bond acceptors (Lipinski definition) is 5. The highest BCUT2D eigenvalue weighted by molar-refractivity contribution is 7.89. The SMILES string of the molecule is CCCCN(C)C(=O)CNS(=O)(=O)c1ccc(OC)cc1OC. The Bertz CT molecular complexity index is 631. The van der Waals surface area contributed by atoms with E-state index in [0.29, 0.717) is 12.3 Å². The van der Waals surface area contributed by atoms with Crippen LogP contribution in [0.3, 0.4) is 0 Å². The van der Waals surface area contributed by atoms with Crippen LogP contribution in [0.4, 0.5) is 0 Å². The Balaban J connectivity index is 2.82. The second kappa shape index (κ2) is 8.73. The summed E-state index contributed by atoms with van der Waals surface area (Å²) in [4.78, 5) is 13.4. The highest BCUT2D eigenvalue weighted by atomic mass is 32.2. The molecule has 23 heavy (non-hydrogen) atoms. The Morgan fingerprint density at radius 2 is 1.96 bits per heavy atom. The summed E-state index contributed by atoms with van der Waals surface area (Å²) in [7, 11) is 0.649. The molecule has 1 amide bonds. The standard InChI is InChI=1S/C15H24N2O5S/c1-5-6-9-17(2)15(18)11-16-23(19,20)14-8-7-12(21-3)10-13(14)22-4/h7-8,10,16H,5-6,9,11H2,1-4H3. The monoisotopic (exact) mass is 344 g/mol. The molecule has 0 spiro atoms. The molecule has 7 nitrogen and oxygen atoms in total. The van der Waals surface area contributed by atoms with Gasteiger partial charge in [-0.25, -0.2) is 13.1 Å². The summed E-state index contributed by atoms with van der Waals surface area (Å²) >= 11 is 0. The summed E-state index contributed by atoms with van der Waals surface area (Å²) < 4.78 is 37.1. The fourth-order valence-corrected chi connectivity index (χ4v) is 3.01. The molecule has 1 rings (SSSR count). The molecule has 130 valence electrons. The van der Waals surface area contributed by atoms with Crippen molar-refractivity contribution >= 4 is 15.9 Å². The number of unbranched alkanes of at least 4 members (excludes halogenated alkanes) is 1. The number of hydrogen-bond donors (Lipinski definition) is 1. The Labute approximate surface area is 137 Å². The van der Waals surface area contributed by atoms with Gasteiger partial charge >= 0.3 is 0 Å². The van der Waals surface area contributed by atoms with Crippen molar-refractivity contribution in [2.24, 2.45) is 0 Å². The van der Waals surface area contributed by atoms with Crippen molar-refractivity contribution in [1.82, 2.24) is 9.62 Å². The summed E-state index contributed by atoms with van der Waals surface area (Å²) in [5.41, 5.74) is 0. The summed E-state index contributed by atoms with van der Waals surface area (Å²) in [5, 5.41) is 0. The molecule has 0 fully saturated rings. The quantitative estimate of drug-likeness (QED) is 0.728. The van der Waals surface area contributed by atoms with Crippen molar-refractivity contribution in [3.63, 3.8) is 0 Å². The zero-order valence-electron chi connectivity index (χ0n) is 14.0. The van der Waals surface area contributed by atoms with Gasteiger partial charge in [-0.15, -0.1) is 0 Å². The molecule has 1 aromatic carbocycles. The molecular weight excluding hydrogens is 320 g/mol. The predicted molar refractivity (Wildman–Crippen MR) is 87.3 cm³/mol. The van der Waals surface area contributed by atoms with Crippen molar-refractivity contribution < 1.29 is 22.7 Å². The predicted octanol–water partition coefficient (Wildman–Crippen LogP) is 1.24. The van der Waals surface area contributed by atoms with Gasteiger partial charge in [0, 0.05) is 19.7 Å². The fourth-order valence-electron chi connectivity index (χ4n) is 1.89. The molecule has 0 saturated heterocycles. The van der Waals surface area contributed by atoms with E-state index >= 15 is 0 Å². The largest absolute Gasteiger partial charge is 0.497 e. The first-order valence-corrected chi connectivity index (χ1v) is 8.79. The zero-order valence-corrected chi connectivity index (χ0v) is 14.8. The molecule has 0 bridgehead atoms. The molecule has 0 heterocycles. The number of methoxy groups -OCH3 is 2. The molecule has 1 N–H and O–H groups in total. The maximum atomic E-state index is 12.3. The molecule has 0 aliphatic heterocycles. The van der Waals surface area contributed by atoms with E-state index in [2.05, 4.69) is 4.72 Å². The van der Waals surface area contributed by atoms with Crippen molar-refractivity contribution in [3.05, 3.63) is 18.2 Å². The van der Waals surface area contributed by atoms with Crippen molar-refractivity contribution in [1.29, 1.82) is 0 Å². The molecule has 1 aromatic rings. The summed E-state index contributed by atoms with van der Waals surface area (Å²) in [5.74, 6) is 0.356. The number of sulfonamides is 1. The Kier molecular flexibility index (Phi) is 7.31. The van der Waals surface area contributed by atoms with Gasteiger partial charge in [0.25, 0.3) is 0 Å². The van der Waals surface area contributed by atoms with Crippen LogP contribution >= 0.6 is 0 Å². The van der Waals surface area contributed by atoms with Crippen LogP contribution in [0.2, 0.25) is 0 Å². The van der Waals surface area contributed by atoms with E-state index < -0.39 is 10.0 Å². The third-order valence-corrected chi connectivity index (χ3v) is 4.79. The van der Waals surface area contributed by atoms with E-state index in [4.69, 9.17) is 9.47 Å². The van der Waals surface area contributed by atoms with E-state index in [1.165, 1.54) is 37.3 Å². The number of nitrogens with zero attached hydrogens (tertiary/aromatic N) is 1. The molecule has 0 unspecified atom stereocenters. The zero-order chi connectivity index (χ0) is 17.5. The lowest BCUT2D eigenvalue weighted by atomic mass is 10.3. The van der Waals surface area contributed by atoms with Crippen molar-refractivity contribution in [2.75, 3.05) is 34.4 Å². The maximum Gasteiger partial charge on any atom is 0.244 e.